The topological polar surface area (TPSA) is 29.9 Å². The molecule has 0 saturated carbocycles. The Labute approximate surface area is 125 Å². The fourth-order valence-electron chi connectivity index (χ4n) is 2.79. The second-order valence-corrected chi connectivity index (χ2v) is 5.44. The van der Waals surface area contributed by atoms with Crippen molar-refractivity contribution < 1.29 is 0 Å². The molecule has 0 aliphatic rings. The van der Waals surface area contributed by atoms with Gasteiger partial charge in [0.05, 0.1) is 6.20 Å². The third-order valence-electron chi connectivity index (χ3n) is 3.82. The van der Waals surface area contributed by atoms with Gasteiger partial charge in [-0.1, -0.05) is 43.3 Å². The molecule has 1 atom stereocenters. The van der Waals surface area contributed by atoms with Crippen molar-refractivity contribution in [3.8, 4) is 0 Å². The number of aryl methyl sites for hydroxylation is 1. The third kappa shape index (κ3) is 3.14. The fraction of sp³-hybridized carbons (Fsp3) is 0.278. The summed E-state index contributed by atoms with van der Waals surface area (Å²) >= 11 is 0. The summed E-state index contributed by atoms with van der Waals surface area (Å²) in [5.74, 6) is 0. The van der Waals surface area contributed by atoms with Crippen molar-refractivity contribution in [2.75, 3.05) is 6.54 Å². The zero-order valence-corrected chi connectivity index (χ0v) is 12.6. The molecule has 108 valence electrons. The van der Waals surface area contributed by atoms with Gasteiger partial charge >= 0.3 is 0 Å². The van der Waals surface area contributed by atoms with Crippen molar-refractivity contribution in [2.24, 2.45) is 7.05 Å². The molecule has 0 aliphatic carbocycles. The van der Waals surface area contributed by atoms with Crippen LogP contribution < -0.4 is 5.32 Å². The summed E-state index contributed by atoms with van der Waals surface area (Å²) in [6.07, 6.45) is 5.00. The van der Waals surface area contributed by atoms with Gasteiger partial charge in [0.1, 0.15) is 0 Å². The van der Waals surface area contributed by atoms with E-state index in [0.717, 1.165) is 13.0 Å². The summed E-state index contributed by atoms with van der Waals surface area (Å²) in [4.78, 5) is 0. The van der Waals surface area contributed by atoms with Crippen LogP contribution in [0.2, 0.25) is 0 Å². The Balaban J connectivity index is 1.90. The molecule has 1 heterocycles. The highest BCUT2D eigenvalue weighted by molar-refractivity contribution is 5.83. The van der Waals surface area contributed by atoms with Crippen molar-refractivity contribution in [1.82, 2.24) is 15.1 Å². The van der Waals surface area contributed by atoms with Crippen LogP contribution in [0.5, 0.6) is 0 Å². The molecule has 0 radical (unpaired) electrons. The minimum absolute atomic E-state index is 0.323. The number of hydrogen-bond acceptors (Lipinski definition) is 2. The van der Waals surface area contributed by atoms with Gasteiger partial charge in [0.25, 0.3) is 0 Å². The van der Waals surface area contributed by atoms with Gasteiger partial charge < -0.3 is 5.32 Å². The van der Waals surface area contributed by atoms with E-state index in [1.165, 1.54) is 21.9 Å². The van der Waals surface area contributed by atoms with E-state index in [0.29, 0.717) is 6.04 Å². The first-order valence-electron chi connectivity index (χ1n) is 7.46. The van der Waals surface area contributed by atoms with E-state index in [1.807, 2.05) is 17.9 Å². The van der Waals surface area contributed by atoms with Crippen LogP contribution in [0.15, 0.2) is 54.9 Å². The van der Waals surface area contributed by atoms with E-state index >= 15 is 0 Å². The van der Waals surface area contributed by atoms with Gasteiger partial charge in [-0.3, -0.25) is 4.68 Å². The highest BCUT2D eigenvalue weighted by Gasteiger charge is 2.12. The molecule has 2 aromatic carbocycles. The minimum atomic E-state index is 0.323. The van der Waals surface area contributed by atoms with Crippen molar-refractivity contribution in [3.05, 3.63) is 66.0 Å². The Morgan fingerprint density at radius 1 is 1.14 bits per heavy atom. The maximum absolute atomic E-state index is 4.26. The zero-order valence-electron chi connectivity index (χ0n) is 12.6. The summed E-state index contributed by atoms with van der Waals surface area (Å²) in [7, 11) is 1.96. The molecule has 1 N–H and O–H groups in total. The summed E-state index contributed by atoms with van der Waals surface area (Å²) < 4.78 is 1.86. The lowest BCUT2D eigenvalue weighted by molar-refractivity contribution is 0.550. The first-order valence-corrected chi connectivity index (χ1v) is 7.46. The Hall–Kier alpha value is -2.13. The summed E-state index contributed by atoms with van der Waals surface area (Å²) in [5, 5.41) is 10.4. The average Bonchev–Trinajstić information content (AvgIpc) is 2.91. The van der Waals surface area contributed by atoms with Crippen molar-refractivity contribution in [1.29, 1.82) is 0 Å². The van der Waals surface area contributed by atoms with Crippen molar-refractivity contribution >= 4 is 10.8 Å². The van der Waals surface area contributed by atoms with E-state index in [2.05, 4.69) is 66.0 Å². The molecule has 21 heavy (non-hydrogen) atoms. The normalized spacial score (nSPS) is 12.7. The van der Waals surface area contributed by atoms with Crippen LogP contribution in [-0.4, -0.2) is 16.3 Å². The smallest absolute Gasteiger partial charge is 0.0522 e. The molecule has 3 aromatic rings. The molecule has 3 heteroatoms. The number of aromatic nitrogens is 2. The van der Waals surface area contributed by atoms with Crippen LogP contribution in [-0.2, 0) is 13.5 Å². The van der Waals surface area contributed by atoms with Crippen LogP contribution in [0, 0.1) is 0 Å². The zero-order chi connectivity index (χ0) is 14.7. The molecule has 3 rings (SSSR count). The number of nitrogens with one attached hydrogen (secondary N) is 1. The van der Waals surface area contributed by atoms with Crippen molar-refractivity contribution in [2.45, 2.75) is 19.4 Å². The second kappa shape index (κ2) is 6.10. The van der Waals surface area contributed by atoms with Crippen LogP contribution >= 0.6 is 0 Å². The van der Waals surface area contributed by atoms with Gasteiger partial charge in [-0.25, -0.2) is 0 Å². The Morgan fingerprint density at radius 2 is 1.95 bits per heavy atom. The van der Waals surface area contributed by atoms with Gasteiger partial charge in [-0.2, -0.15) is 5.10 Å². The SMILES string of the molecule is CCNC(Cc1cnn(C)c1)c1ccc2ccccc2c1. The molecular weight excluding hydrogens is 258 g/mol. The first kappa shape index (κ1) is 13.8. The van der Waals surface area contributed by atoms with E-state index in [-0.39, 0.29) is 0 Å². The largest absolute Gasteiger partial charge is 0.310 e. The summed E-state index contributed by atoms with van der Waals surface area (Å²) in [5.41, 5.74) is 2.59. The molecule has 0 bridgehead atoms. The molecule has 0 amide bonds. The molecule has 3 nitrogen and oxygen atoms in total. The lowest BCUT2D eigenvalue weighted by Gasteiger charge is -2.18. The molecule has 0 spiro atoms. The molecular formula is C18H21N3. The summed E-state index contributed by atoms with van der Waals surface area (Å²) in [6, 6.07) is 15.6. The Bertz CT molecular complexity index is 730. The standard InChI is InChI=1S/C18H21N3/c1-3-19-18(10-14-12-20-21(2)13-14)17-9-8-15-6-4-5-7-16(15)11-17/h4-9,11-13,18-19H,3,10H2,1-2H3. The highest BCUT2D eigenvalue weighted by atomic mass is 15.2. The monoisotopic (exact) mass is 279 g/mol. The predicted molar refractivity (Wildman–Crippen MR) is 87.3 cm³/mol. The number of nitrogens with zero attached hydrogens (tertiary/aromatic N) is 2. The van der Waals surface area contributed by atoms with E-state index < -0.39 is 0 Å². The number of hydrogen-bond donors (Lipinski definition) is 1. The van der Waals surface area contributed by atoms with Gasteiger partial charge in [0.15, 0.2) is 0 Å². The number of fused-ring (bicyclic) bond motifs is 1. The maximum atomic E-state index is 4.26. The number of rotatable bonds is 5. The van der Waals surface area contributed by atoms with Crippen molar-refractivity contribution in [3.63, 3.8) is 0 Å². The van der Waals surface area contributed by atoms with Gasteiger partial charge in [-0.15, -0.1) is 0 Å². The Morgan fingerprint density at radius 3 is 2.67 bits per heavy atom. The predicted octanol–water partition coefficient (Wildman–Crippen LogP) is 3.47. The van der Waals surface area contributed by atoms with Crippen LogP contribution in [0.4, 0.5) is 0 Å². The van der Waals surface area contributed by atoms with E-state index in [9.17, 15) is 0 Å². The minimum Gasteiger partial charge on any atom is -0.310 e. The molecule has 1 aromatic heterocycles. The quantitative estimate of drug-likeness (QED) is 0.775. The Kier molecular flexibility index (Phi) is 4.02. The van der Waals surface area contributed by atoms with Gasteiger partial charge in [0.2, 0.25) is 0 Å². The first-order chi connectivity index (χ1) is 10.3. The van der Waals surface area contributed by atoms with Crippen LogP contribution in [0.25, 0.3) is 10.8 Å². The summed E-state index contributed by atoms with van der Waals surface area (Å²) in [6.45, 7) is 3.11. The number of benzene rings is 2. The third-order valence-corrected chi connectivity index (χ3v) is 3.82. The molecule has 0 fully saturated rings. The maximum Gasteiger partial charge on any atom is 0.0522 e. The second-order valence-electron chi connectivity index (χ2n) is 5.44. The van der Waals surface area contributed by atoms with Crippen LogP contribution in [0.3, 0.4) is 0 Å². The van der Waals surface area contributed by atoms with E-state index in [1.54, 1.807) is 0 Å². The van der Waals surface area contributed by atoms with Crippen LogP contribution in [0.1, 0.15) is 24.1 Å². The lowest BCUT2D eigenvalue weighted by Crippen LogP contribution is -2.22. The number of likely N-dealkylation sites (N-methyl/N-ethyl adjacent to an activating group) is 1. The lowest BCUT2D eigenvalue weighted by atomic mass is 9.97. The average molecular weight is 279 g/mol. The molecule has 0 saturated heterocycles. The van der Waals surface area contributed by atoms with E-state index in [4.69, 9.17) is 0 Å². The highest BCUT2D eigenvalue weighted by Crippen LogP contribution is 2.23. The van der Waals surface area contributed by atoms with Gasteiger partial charge in [0, 0.05) is 19.3 Å². The molecule has 0 aliphatic heterocycles. The molecule has 1 unspecified atom stereocenters. The fourth-order valence-corrected chi connectivity index (χ4v) is 2.79. The van der Waals surface area contributed by atoms with Gasteiger partial charge in [-0.05, 0) is 40.9 Å².